The molecule has 1 heterocycles. The van der Waals surface area contributed by atoms with Crippen molar-refractivity contribution < 1.29 is 8.42 Å². The van der Waals surface area contributed by atoms with Gasteiger partial charge in [0, 0.05) is 21.6 Å². The molecule has 0 fully saturated rings. The fourth-order valence-electron chi connectivity index (χ4n) is 4.20. The van der Waals surface area contributed by atoms with Crippen LogP contribution < -0.4 is 10.0 Å². The number of halogens is 1. The van der Waals surface area contributed by atoms with Crippen molar-refractivity contribution in [3.8, 4) is 0 Å². The van der Waals surface area contributed by atoms with Crippen LogP contribution in [-0.2, 0) is 10.0 Å². The fraction of sp³-hybridized carbons (Fsp3) is 0.364. The van der Waals surface area contributed by atoms with Gasteiger partial charge in [-0.2, -0.15) is 0 Å². The first kappa shape index (κ1) is 19.7. The highest BCUT2D eigenvalue weighted by Gasteiger charge is 2.38. The Kier molecular flexibility index (Phi) is 4.92. The van der Waals surface area contributed by atoms with Gasteiger partial charge in [0.15, 0.2) is 0 Å². The zero-order valence-corrected chi connectivity index (χ0v) is 18.6. The molecule has 0 aromatic heterocycles. The van der Waals surface area contributed by atoms with Crippen LogP contribution in [0.3, 0.4) is 0 Å². The minimum absolute atomic E-state index is 0.204. The summed E-state index contributed by atoms with van der Waals surface area (Å²) in [6.45, 7) is 5.55. The molecule has 28 heavy (non-hydrogen) atoms. The molecule has 0 spiro atoms. The predicted octanol–water partition coefficient (Wildman–Crippen LogP) is 5.35. The second-order valence-corrected chi connectivity index (χ2v) is 11.2. The maximum atomic E-state index is 12.8. The van der Waals surface area contributed by atoms with Gasteiger partial charge in [-0.05, 0) is 74.6 Å². The molecule has 4 rings (SSSR count). The highest BCUT2D eigenvalue weighted by molar-refractivity contribution is 9.10. The van der Waals surface area contributed by atoms with Crippen molar-refractivity contribution in [1.29, 1.82) is 0 Å². The maximum Gasteiger partial charge on any atom is 0.241 e. The van der Waals surface area contributed by atoms with Crippen LogP contribution >= 0.6 is 15.9 Å². The van der Waals surface area contributed by atoms with Gasteiger partial charge < -0.3 is 5.32 Å². The molecule has 2 aliphatic rings. The first-order valence-corrected chi connectivity index (χ1v) is 11.8. The Morgan fingerprint density at radius 3 is 2.50 bits per heavy atom. The largest absolute Gasteiger partial charge is 0.378 e. The first-order chi connectivity index (χ1) is 13.1. The van der Waals surface area contributed by atoms with Crippen LogP contribution in [0.5, 0.6) is 0 Å². The van der Waals surface area contributed by atoms with Gasteiger partial charge in [-0.1, -0.05) is 40.2 Å². The van der Waals surface area contributed by atoms with E-state index in [4.69, 9.17) is 0 Å². The average Bonchev–Trinajstić information content (AvgIpc) is 3.09. The van der Waals surface area contributed by atoms with Gasteiger partial charge in [-0.25, -0.2) is 13.1 Å². The normalized spacial score (nSPS) is 23.8. The van der Waals surface area contributed by atoms with Crippen molar-refractivity contribution in [1.82, 2.24) is 4.72 Å². The Bertz CT molecular complexity index is 1020. The highest BCUT2D eigenvalue weighted by atomic mass is 79.9. The maximum absolute atomic E-state index is 12.8. The smallest absolute Gasteiger partial charge is 0.241 e. The van der Waals surface area contributed by atoms with E-state index < -0.39 is 15.6 Å². The summed E-state index contributed by atoms with van der Waals surface area (Å²) in [5, 5.41) is 3.66. The monoisotopic (exact) mass is 460 g/mol. The van der Waals surface area contributed by atoms with Crippen molar-refractivity contribution in [2.75, 3.05) is 5.32 Å². The van der Waals surface area contributed by atoms with Gasteiger partial charge in [0.1, 0.15) is 0 Å². The fourth-order valence-corrected chi connectivity index (χ4v) is 5.92. The van der Waals surface area contributed by atoms with Gasteiger partial charge in [0.25, 0.3) is 0 Å². The van der Waals surface area contributed by atoms with Crippen LogP contribution in [0.25, 0.3) is 0 Å². The van der Waals surface area contributed by atoms with Crippen LogP contribution in [0.15, 0.2) is 64.0 Å². The lowest BCUT2D eigenvalue weighted by Crippen LogP contribution is -2.40. The van der Waals surface area contributed by atoms with E-state index in [0.29, 0.717) is 10.8 Å². The summed E-state index contributed by atoms with van der Waals surface area (Å²) in [4.78, 5) is 0.323. The van der Waals surface area contributed by atoms with Gasteiger partial charge in [-0.15, -0.1) is 0 Å². The van der Waals surface area contributed by atoms with Crippen molar-refractivity contribution in [3.63, 3.8) is 0 Å². The Balaban J connectivity index is 1.72. The molecule has 0 saturated heterocycles. The van der Waals surface area contributed by atoms with Crippen molar-refractivity contribution in [3.05, 3.63) is 70.2 Å². The number of rotatable bonds is 3. The summed E-state index contributed by atoms with van der Waals surface area (Å²) in [6, 6.07) is 14.1. The molecule has 0 bridgehead atoms. The summed E-state index contributed by atoms with van der Waals surface area (Å²) in [5.41, 5.74) is 2.80. The van der Waals surface area contributed by atoms with E-state index in [9.17, 15) is 8.42 Å². The van der Waals surface area contributed by atoms with Crippen LogP contribution in [0.4, 0.5) is 5.69 Å². The minimum atomic E-state index is -3.56. The van der Waals surface area contributed by atoms with Crippen molar-refractivity contribution >= 4 is 31.6 Å². The second-order valence-electron chi connectivity index (χ2n) is 8.63. The molecule has 2 aromatic rings. The molecule has 148 valence electrons. The van der Waals surface area contributed by atoms with E-state index in [0.717, 1.165) is 22.1 Å². The molecule has 3 atom stereocenters. The van der Waals surface area contributed by atoms with Crippen molar-refractivity contribution in [2.45, 2.75) is 49.6 Å². The Morgan fingerprint density at radius 2 is 1.82 bits per heavy atom. The minimum Gasteiger partial charge on any atom is -0.378 e. The topological polar surface area (TPSA) is 58.2 Å². The second kappa shape index (κ2) is 7.01. The molecule has 0 amide bonds. The lowest BCUT2D eigenvalue weighted by Gasteiger charge is -2.37. The third-order valence-electron chi connectivity index (χ3n) is 5.31. The zero-order chi connectivity index (χ0) is 20.1. The van der Waals surface area contributed by atoms with E-state index in [1.165, 1.54) is 5.56 Å². The van der Waals surface area contributed by atoms with E-state index in [-0.39, 0.29) is 12.0 Å². The highest BCUT2D eigenvalue weighted by Crippen LogP contribution is 2.50. The molecule has 1 aliphatic heterocycles. The quantitative estimate of drug-likeness (QED) is 0.606. The summed E-state index contributed by atoms with van der Waals surface area (Å²) in [5.74, 6) is 0.594. The molecule has 0 unspecified atom stereocenters. The standard InChI is InChI=1S/C22H25BrN2O2S/c1-22(2,3)25-28(26,27)16-11-12-20-19(13-16)17-5-4-6-18(17)21(24-20)14-7-9-15(23)10-8-14/h4-5,7-13,17-18,21,24-25H,6H2,1-3H3/t17-,18+,21+/m0/s1. The molecule has 6 heteroatoms. The van der Waals surface area contributed by atoms with Crippen LogP contribution in [-0.4, -0.2) is 14.0 Å². The van der Waals surface area contributed by atoms with Gasteiger partial charge >= 0.3 is 0 Å². The SMILES string of the molecule is CC(C)(C)NS(=O)(=O)c1ccc2c(c1)[C@H]1C=CC[C@H]1[C@@H](c1ccc(Br)cc1)N2. The van der Waals surface area contributed by atoms with E-state index >= 15 is 0 Å². The Hall–Kier alpha value is -1.63. The third-order valence-corrected chi connectivity index (χ3v) is 7.60. The van der Waals surface area contributed by atoms with Crippen molar-refractivity contribution in [2.24, 2.45) is 5.92 Å². The number of nitrogens with one attached hydrogen (secondary N) is 2. The number of benzene rings is 2. The summed E-state index contributed by atoms with van der Waals surface area (Å²) >= 11 is 3.50. The lowest BCUT2D eigenvalue weighted by molar-refractivity contribution is 0.425. The van der Waals surface area contributed by atoms with E-state index in [1.54, 1.807) is 6.07 Å². The van der Waals surface area contributed by atoms with Gasteiger partial charge in [-0.3, -0.25) is 0 Å². The summed E-state index contributed by atoms with van der Waals surface area (Å²) in [6.07, 6.45) is 5.42. The molecule has 0 radical (unpaired) electrons. The van der Waals surface area contributed by atoms with E-state index in [1.807, 2.05) is 32.9 Å². The molecular weight excluding hydrogens is 436 g/mol. The molecule has 1 aliphatic carbocycles. The molecule has 0 saturated carbocycles. The van der Waals surface area contributed by atoms with Crippen LogP contribution in [0.1, 0.15) is 50.3 Å². The zero-order valence-electron chi connectivity index (χ0n) is 16.2. The number of allylic oxidation sites excluding steroid dienone is 2. The number of anilines is 1. The predicted molar refractivity (Wildman–Crippen MR) is 117 cm³/mol. The number of fused-ring (bicyclic) bond motifs is 3. The Morgan fingerprint density at radius 1 is 1.11 bits per heavy atom. The summed E-state index contributed by atoms with van der Waals surface area (Å²) < 4.78 is 29.4. The Labute approximate surface area is 175 Å². The van der Waals surface area contributed by atoms with Gasteiger partial charge in [0.05, 0.1) is 10.9 Å². The van der Waals surface area contributed by atoms with Crippen LogP contribution in [0.2, 0.25) is 0 Å². The van der Waals surface area contributed by atoms with Crippen LogP contribution in [0, 0.1) is 5.92 Å². The first-order valence-electron chi connectivity index (χ1n) is 9.51. The number of hydrogen-bond acceptors (Lipinski definition) is 3. The number of hydrogen-bond donors (Lipinski definition) is 2. The molecule has 4 nitrogen and oxygen atoms in total. The number of sulfonamides is 1. The summed E-state index contributed by atoms with van der Waals surface area (Å²) in [7, 11) is -3.56. The molecular formula is C22H25BrN2O2S. The molecule has 2 aromatic carbocycles. The third kappa shape index (κ3) is 3.78. The lowest BCUT2D eigenvalue weighted by atomic mass is 9.77. The molecule has 2 N–H and O–H groups in total. The van der Waals surface area contributed by atoms with E-state index in [2.05, 4.69) is 62.4 Å². The van der Waals surface area contributed by atoms with Gasteiger partial charge in [0.2, 0.25) is 10.0 Å². The average molecular weight is 461 g/mol.